The highest BCUT2D eigenvalue weighted by Crippen LogP contribution is 2.33. The molecule has 1 aliphatic rings. The molecule has 3 nitrogen and oxygen atoms in total. The van der Waals surface area contributed by atoms with Crippen LogP contribution in [0.25, 0.3) is 11.6 Å². The molecule has 1 amide bonds. The second kappa shape index (κ2) is 3.89. The average molecular weight is 290 g/mol. The van der Waals surface area contributed by atoms with Crippen molar-refractivity contribution in [3.05, 3.63) is 52.4 Å². The van der Waals surface area contributed by atoms with Gasteiger partial charge in [-0.05, 0) is 34.1 Å². The third-order valence-electron chi connectivity index (χ3n) is 2.58. The monoisotopic (exact) mass is 289 g/mol. The Labute approximate surface area is 106 Å². The minimum atomic E-state index is -0.0984. The largest absolute Gasteiger partial charge is 0.464 e. The summed E-state index contributed by atoms with van der Waals surface area (Å²) in [4.78, 5) is 11.8. The van der Waals surface area contributed by atoms with Crippen LogP contribution in [-0.4, -0.2) is 5.91 Å². The number of nitrogens with one attached hydrogen (secondary N) is 1. The van der Waals surface area contributed by atoms with Crippen LogP contribution in [0.15, 0.2) is 45.5 Å². The van der Waals surface area contributed by atoms with E-state index in [0.717, 1.165) is 15.7 Å². The fourth-order valence-corrected chi connectivity index (χ4v) is 2.15. The molecule has 0 aliphatic carbocycles. The summed E-state index contributed by atoms with van der Waals surface area (Å²) in [5.74, 6) is 0.553. The molecule has 1 aromatic heterocycles. The molecule has 0 radical (unpaired) electrons. The van der Waals surface area contributed by atoms with E-state index in [1.807, 2.05) is 30.3 Å². The SMILES string of the molecule is O=C1Nc2ccccc2C1=Cc1cc(Br)co1. The average Bonchev–Trinajstić information content (AvgIpc) is 2.85. The molecule has 0 atom stereocenters. The molecule has 0 saturated heterocycles. The molecule has 1 N–H and O–H groups in total. The number of hydrogen-bond acceptors (Lipinski definition) is 2. The van der Waals surface area contributed by atoms with Crippen LogP contribution in [0.5, 0.6) is 0 Å². The van der Waals surface area contributed by atoms with E-state index in [4.69, 9.17) is 4.42 Å². The van der Waals surface area contributed by atoms with Crippen LogP contribution in [-0.2, 0) is 4.79 Å². The quantitative estimate of drug-likeness (QED) is 0.816. The fourth-order valence-electron chi connectivity index (χ4n) is 1.83. The van der Waals surface area contributed by atoms with Crippen LogP contribution in [0.3, 0.4) is 0 Å². The first kappa shape index (κ1) is 10.4. The molecule has 0 spiro atoms. The van der Waals surface area contributed by atoms with E-state index in [0.29, 0.717) is 11.3 Å². The Hall–Kier alpha value is -1.81. The van der Waals surface area contributed by atoms with Gasteiger partial charge in [-0.2, -0.15) is 0 Å². The Morgan fingerprint density at radius 1 is 1.29 bits per heavy atom. The number of para-hydroxylation sites is 1. The van der Waals surface area contributed by atoms with Crippen LogP contribution in [0.4, 0.5) is 5.69 Å². The Morgan fingerprint density at radius 2 is 2.12 bits per heavy atom. The molecule has 17 heavy (non-hydrogen) atoms. The van der Waals surface area contributed by atoms with Crippen molar-refractivity contribution in [3.8, 4) is 0 Å². The molecule has 0 fully saturated rings. The number of fused-ring (bicyclic) bond motifs is 1. The lowest BCUT2D eigenvalue weighted by Gasteiger charge is -1.95. The number of benzene rings is 1. The van der Waals surface area contributed by atoms with Gasteiger partial charge >= 0.3 is 0 Å². The van der Waals surface area contributed by atoms with Crippen molar-refractivity contribution >= 4 is 39.2 Å². The maximum Gasteiger partial charge on any atom is 0.256 e. The van der Waals surface area contributed by atoms with Crippen molar-refractivity contribution in [3.63, 3.8) is 0 Å². The summed E-state index contributed by atoms with van der Waals surface area (Å²) in [7, 11) is 0. The van der Waals surface area contributed by atoms with Gasteiger partial charge in [-0.15, -0.1) is 0 Å². The maximum atomic E-state index is 11.8. The topological polar surface area (TPSA) is 42.2 Å². The predicted molar refractivity (Wildman–Crippen MR) is 69.4 cm³/mol. The minimum absolute atomic E-state index is 0.0984. The van der Waals surface area contributed by atoms with Crippen molar-refractivity contribution in [1.82, 2.24) is 0 Å². The molecule has 1 aliphatic heterocycles. The summed E-state index contributed by atoms with van der Waals surface area (Å²) in [6, 6.07) is 9.42. The van der Waals surface area contributed by atoms with Gasteiger partial charge in [0.15, 0.2) is 0 Å². The maximum absolute atomic E-state index is 11.8. The Bertz CT molecular complexity index is 628. The second-order valence-corrected chi connectivity index (χ2v) is 4.64. The fraction of sp³-hybridized carbons (Fsp3) is 0. The first-order valence-electron chi connectivity index (χ1n) is 5.10. The molecule has 0 unspecified atom stereocenters. The van der Waals surface area contributed by atoms with Gasteiger partial charge in [0.2, 0.25) is 0 Å². The van der Waals surface area contributed by atoms with Gasteiger partial charge in [-0.25, -0.2) is 0 Å². The summed E-state index contributed by atoms with van der Waals surface area (Å²) in [6.45, 7) is 0. The summed E-state index contributed by atoms with van der Waals surface area (Å²) in [6.07, 6.45) is 3.33. The lowest BCUT2D eigenvalue weighted by atomic mass is 10.1. The zero-order chi connectivity index (χ0) is 11.8. The van der Waals surface area contributed by atoms with Crippen LogP contribution in [0.2, 0.25) is 0 Å². The number of furan rings is 1. The Kier molecular flexibility index (Phi) is 2.37. The molecule has 0 bridgehead atoms. The minimum Gasteiger partial charge on any atom is -0.464 e. The van der Waals surface area contributed by atoms with E-state index in [2.05, 4.69) is 21.2 Å². The lowest BCUT2D eigenvalue weighted by molar-refractivity contribution is -0.110. The third kappa shape index (κ3) is 1.80. The number of hydrogen-bond donors (Lipinski definition) is 1. The molecule has 0 saturated carbocycles. The van der Waals surface area contributed by atoms with E-state index in [1.165, 1.54) is 0 Å². The zero-order valence-corrected chi connectivity index (χ0v) is 10.3. The zero-order valence-electron chi connectivity index (χ0n) is 8.74. The van der Waals surface area contributed by atoms with Gasteiger partial charge < -0.3 is 9.73 Å². The molecule has 2 heterocycles. The lowest BCUT2D eigenvalue weighted by Crippen LogP contribution is -2.03. The van der Waals surface area contributed by atoms with Gasteiger partial charge in [0.05, 0.1) is 10.0 Å². The highest BCUT2D eigenvalue weighted by atomic mass is 79.9. The van der Waals surface area contributed by atoms with E-state index < -0.39 is 0 Å². The van der Waals surface area contributed by atoms with Crippen LogP contribution < -0.4 is 5.32 Å². The summed E-state index contributed by atoms with van der Waals surface area (Å²) < 4.78 is 6.14. The van der Waals surface area contributed by atoms with E-state index >= 15 is 0 Å². The first-order chi connectivity index (χ1) is 8.24. The standard InChI is InChI=1S/C13H8BrNO2/c14-8-5-9(17-7-8)6-11-10-3-1-2-4-12(10)15-13(11)16/h1-7H,(H,15,16). The number of halogens is 1. The second-order valence-electron chi connectivity index (χ2n) is 3.73. The summed E-state index contributed by atoms with van der Waals surface area (Å²) in [5, 5.41) is 2.81. The number of carbonyl (C=O) groups excluding carboxylic acids is 1. The van der Waals surface area contributed by atoms with E-state index in [9.17, 15) is 4.79 Å². The van der Waals surface area contributed by atoms with Crippen LogP contribution in [0, 0.1) is 0 Å². The van der Waals surface area contributed by atoms with Gasteiger partial charge in [0.25, 0.3) is 5.91 Å². The van der Waals surface area contributed by atoms with Crippen molar-refractivity contribution in [2.24, 2.45) is 0 Å². The van der Waals surface area contributed by atoms with Crippen molar-refractivity contribution in [2.45, 2.75) is 0 Å². The van der Waals surface area contributed by atoms with Gasteiger partial charge in [0, 0.05) is 11.3 Å². The number of anilines is 1. The Balaban J connectivity index is 2.09. The Morgan fingerprint density at radius 3 is 2.88 bits per heavy atom. The highest BCUT2D eigenvalue weighted by Gasteiger charge is 2.23. The molecule has 3 rings (SSSR count). The molecule has 4 heteroatoms. The van der Waals surface area contributed by atoms with Crippen LogP contribution >= 0.6 is 15.9 Å². The van der Waals surface area contributed by atoms with Crippen molar-refractivity contribution < 1.29 is 9.21 Å². The summed E-state index contributed by atoms with van der Waals surface area (Å²) >= 11 is 3.30. The number of amides is 1. The van der Waals surface area contributed by atoms with Crippen molar-refractivity contribution in [1.29, 1.82) is 0 Å². The third-order valence-corrected chi connectivity index (χ3v) is 3.00. The smallest absolute Gasteiger partial charge is 0.256 e. The normalized spacial score (nSPS) is 16.1. The van der Waals surface area contributed by atoms with Gasteiger partial charge in [-0.1, -0.05) is 18.2 Å². The molecule has 1 aromatic carbocycles. The van der Waals surface area contributed by atoms with Gasteiger partial charge in [-0.3, -0.25) is 4.79 Å². The predicted octanol–water partition coefficient (Wildman–Crippen LogP) is 3.53. The van der Waals surface area contributed by atoms with E-state index in [-0.39, 0.29) is 5.91 Å². The molecule has 84 valence electrons. The first-order valence-corrected chi connectivity index (χ1v) is 5.90. The van der Waals surface area contributed by atoms with Crippen LogP contribution in [0.1, 0.15) is 11.3 Å². The van der Waals surface area contributed by atoms with E-state index in [1.54, 1.807) is 12.3 Å². The molecular formula is C13H8BrNO2. The number of rotatable bonds is 1. The van der Waals surface area contributed by atoms with Gasteiger partial charge in [0.1, 0.15) is 12.0 Å². The molecule has 2 aromatic rings. The number of carbonyl (C=O) groups is 1. The van der Waals surface area contributed by atoms with Crippen molar-refractivity contribution in [2.75, 3.05) is 5.32 Å². The molecular weight excluding hydrogens is 282 g/mol. The summed E-state index contributed by atoms with van der Waals surface area (Å²) in [5.41, 5.74) is 2.38. The highest BCUT2D eigenvalue weighted by molar-refractivity contribution is 9.10.